The summed E-state index contributed by atoms with van der Waals surface area (Å²) in [6.07, 6.45) is 8.72. The Hall–Kier alpha value is -2.86. The van der Waals surface area contributed by atoms with Crippen LogP contribution < -0.4 is 9.47 Å². The van der Waals surface area contributed by atoms with E-state index >= 15 is 0 Å². The minimum absolute atomic E-state index is 0.191. The highest BCUT2D eigenvalue weighted by Gasteiger charge is 2.65. The molecule has 1 fully saturated rings. The minimum Gasteiger partial charge on any atom is -0.493 e. The van der Waals surface area contributed by atoms with Crippen LogP contribution in [0.1, 0.15) is 27.9 Å². The number of benzene rings is 1. The predicted octanol–water partition coefficient (Wildman–Crippen LogP) is 2.76. The Morgan fingerprint density at radius 3 is 3.00 bits per heavy atom. The molecule has 5 atom stereocenters. The van der Waals surface area contributed by atoms with Crippen molar-refractivity contribution in [2.75, 3.05) is 20.7 Å². The maximum atomic E-state index is 12.8. The normalized spacial score (nSPS) is 32.9. The van der Waals surface area contributed by atoms with Crippen molar-refractivity contribution < 1.29 is 19.0 Å². The van der Waals surface area contributed by atoms with Gasteiger partial charge in [0.2, 0.25) is 0 Å². The summed E-state index contributed by atoms with van der Waals surface area (Å²) in [6, 6.07) is 8.07. The Morgan fingerprint density at radius 2 is 2.20 bits per heavy atom. The van der Waals surface area contributed by atoms with Crippen LogP contribution in [0.15, 0.2) is 48.8 Å². The highest BCUT2D eigenvalue weighted by atomic mass is 16.6. The van der Waals surface area contributed by atoms with Crippen molar-refractivity contribution >= 4 is 5.97 Å². The molecule has 1 spiro atoms. The zero-order chi connectivity index (χ0) is 20.5. The van der Waals surface area contributed by atoms with Gasteiger partial charge in [0.25, 0.3) is 0 Å². The van der Waals surface area contributed by atoms with Gasteiger partial charge in [-0.05, 0) is 56.3 Å². The number of ether oxygens (including phenoxy) is 3. The lowest BCUT2D eigenvalue weighted by molar-refractivity contribution is -0.0555. The number of methoxy groups -OCH3 is 1. The lowest BCUT2D eigenvalue weighted by Crippen LogP contribution is -2.65. The highest BCUT2D eigenvalue weighted by molar-refractivity contribution is 5.89. The maximum absolute atomic E-state index is 12.8. The molecule has 6 heteroatoms. The van der Waals surface area contributed by atoms with Crippen LogP contribution >= 0.6 is 0 Å². The molecule has 6 rings (SSSR count). The predicted molar refractivity (Wildman–Crippen MR) is 110 cm³/mol. The number of pyridine rings is 1. The topological polar surface area (TPSA) is 60.9 Å². The third-order valence-corrected chi connectivity index (χ3v) is 7.48. The summed E-state index contributed by atoms with van der Waals surface area (Å²) < 4.78 is 18.2. The Labute approximate surface area is 175 Å². The summed E-state index contributed by atoms with van der Waals surface area (Å²) in [5, 5.41) is 0. The second kappa shape index (κ2) is 6.32. The number of rotatable bonds is 3. The summed E-state index contributed by atoms with van der Waals surface area (Å²) in [4.78, 5) is 19.3. The Bertz CT molecular complexity index is 1050. The molecule has 0 saturated carbocycles. The number of aromatic nitrogens is 1. The second-order valence-corrected chi connectivity index (χ2v) is 8.73. The fourth-order valence-electron chi connectivity index (χ4n) is 6.15. The molecular formula is C24H24N2O4. The van der Waals surface area contributed by atoms with E-state index in [-0.39, 0.29) is 17.5 Å². The van der Waals surface area contributed by atoms with Gasteiger partial charge in [0.05, 0.1) is 12.7 Å². The molecule has 154 valence electrons. The van der Waals surface area contributed by atoms with E-state index in [9.17, 15) is 4.79 Å². The number of carbonyl (C=O) groups excluding carboxylic acids is 1. The zero-order valence-corrected chi connectivity index (χ0v) is 17.1. The van der Waals surface area contributed by atoms with E-state index in [1.807, 2.05) is 12.1 Å². The molecule has 4 aliphatic rings. The van der Waals surface area contributed by atoms with Crippen LogP contribution in [-0.2, 0) is 16.6 Å². The molecule has 1 saturated heterocycles. The van der Waals surface area contributed by atoms with E-state index < -0.39 is 6.10 Å². The van der Waals surface area contributed by atoms with Gasteiger partial charge in [-0.2, -0.15) is 0 Å². The largest absolute Gasteiger partial charge is 0.493 e. The van der Waals surface area contributed by atoms with Gasteiger partial charge in [-0.25, -0.2) is 4.79 Å². The van der Waals surface area contributed by atoms with Crippen molar-refractivity contribution in [1.29, 1.82) is 0 Å². The van der Waals surface area contributed by atoms with Crippen LogP contribution in [0, 0.1) is 5.92 Å². The van der Waals surface area contributed by atoms with Gasteiger partial charge in [-0.1, -0.05) is 12.1 Å². The van der Waals surface area contributed by atoms with Gasteiger partial charge < -0.3 is 19.1 Å². The first-order valence-corrected chi connectivity index (χ1v) is 10.5. The minimum atomic E-state index is -0.457. The Morgan fingerprint density at radius 1 is 1.30 bits per heavy atom. The van der Waals surface area contributed by atoms with E-state index in [0.29, 0.717) is 17.5 Å². The van der Waals surface area contributed by atoms with Gasteiger partial charge in [-0.15, -0.1) is 0 Å². The molecule has 1 aromatic heterocycles. The van der Waals surface area contributed by atoms with E-state index in [1.165, 1.54) is 17.3 Å². The average molecular weight is 404 g/mol. The smallest absolute Gasteiger partial charge is 0.340 e. The van der Waals surface area contributed by atoms with Crippen LogP contribution in [-0.4, -0.2) is 54.8 Å². The van der Waals surface area contributed by atoms with Crippen molar-refractivity contribution in [2.45, 2.75) is 36.5 Å². The summed E-state index contributed by atoms with van der Waals surface area (Å²) >= 11 is 0. The Kier molecular flexibility index (Phi) is 3.78. The molecule has 6 nitrogen and oxygen atoms in total. The van der Waals surface area contributed by atoms with Gasteiger partial charge >= 0.3 is 5.97 Å². The first-order chi connectivity index (χ1) is 14.6. The first kappa shape index (κ1) is 18.0. The summed E-state index contributed by atoms with van der Waals surface area (Å²) in [6.45, 7) is 0.994. The number of piperidine rings is 1. The second-order valence-electron chi connectivity index (χ2n) is 8.73. The van der Waals surface area contributed by atoms with Crippen LogP contribution in [0.3, 0.4) is 0 Å². The van der Waals surface area contributed by atoms with Gasteiger partial charge in [0.1, 0.15) is 6.10 Å². The van der Waals surface area contributed by atoms with E-state index in [2.05, 4.69) is 29.1 Å². The SMILES string of the molecule is COc1ccc2c3c1O[C@H]1[C@H](OC(=O)c4cccnc4)C=C[C@H]4[C@@H](C2)N(C)CC[C@@]341. The number of carbonyl (C=O) groups is 1. The summed E-state index contributed by atoms with van der Waals surface area (Å²) in [5.41, 5.74) is 2.86. The van der Waals surface area contributed by atoms with Crippen LogP contribution in [0.4, 0.5) is 0 Å². The number of hydrogen-bond acceptors (Lipinski definition) is 6. The van der Waals surface area contributed by atoms with Crippen LogP contribution in [0.5, 0.6) is 11.5 Å². The third-order valence-electron chi connectivity index (χ3n) is 7.48. The molecule has 30 heavy (non-hydrogen) atoms. The van der Waals surface area contributed by atoms with Crippen molar-refractivity contribution in [2.24, 2.45) is 5.92 Å². The molecule has 3 heterocycles. The summed E-state index contributed by atoms with van der Waals surface area (Å²) in [5.74, 6) is 1.54. The molecule has 0 N–H and O–H groups in total. The van der Waals surface area contributed by atoms with Gasteiger partial charge in [-0.3, -0.25) is 4.98 Å². The first-order valence-electron chi connectivity index (χ1n) is 10.5. The third kappa shape index (κ3) is 2.23. The van der Waals surface area contributed by atoms with Gasteiger partial charge in [0.15, 0.2) is 17.6 Å². The van der Waals surface area contributed by atoms with Crippen LogP contribution in [0.25, 0.3) is 0 Å². The monoisotopic (exact) mass is 404 g/mol. The van der Waals surface area contributed by atoms with Gasteiger partial charge in [0, 0.05) is 35.3 Å². The van der Waals surface area contributed by atoms with Crippen LogP contribution in [0.2, 0.25) is 0 Å². The molecule has 0 amide bonds. The molecular weight excluding hydrogens is 380 g/mol. The highest BCUT2D eigenvalue weighted by Crippen LogP contribution is 2.62. The number of likely N-dealkylation sites (tertiary alicyclic amines) is 1. The number of nitrogens with zero attached hydrogens (tertiary/aromatic N) is 2. The lowest BCUT2D eigenvalue weighted by atomic mass is 9.53. The molecule has 0 radical (unpaired) electrons. The standard InChI is InChI=1S/C24H24N2O4/c1-26-11-9-24-16-6-8-19(29-23(27)15-4-3-10-25-13-15)22(24)30-21-18(28-2)7-5-14(20(21)24)12-17(16)26/h3-8,10,13,16-17,19,22H,9,11-12H2,1-2H3/t16-,17+,19+,22-,24-/m0/s1. The quantitative estimate of drug-likeness (QED) is 0.579. The molecule has 1 aromatic carbocycles. The van der Waals surface area contributed by atoms with E-state index in [0.717, 1.165) is 30.9 Å². The fourth-order valence-corrected chi connectivity index (χ4v) is 6.15. The number of esters is 1. The zero-order valence-electron chi connectivity index (χ0n) is 17.1. The fraction of sp³-hybridized carbons (Fsp3) is 0.417. The lowest BCUT2D eigenvalue weighted by Gasteiger charge is -2.56. The number of hydrogen-bond donors (Lipinski definition) is 0. The van der Waals surface area contributed by atoms with Crippen molar-refractivity contribution in [3.05, 3.63) is 65.5 Å². The Balaban J connectivity index is 1.46. The number of likely N-dealkylation sites (N-methyl/N-ethyl adjacent to an activating group) is 1. The van der Waals surface area contributed by atoms with Crippen molar-refractivity contribution in [3.63, 3.8) is 0 Å². The molecule has 2 aliphatic heterocycles. The van der Waals surface area contributed by atoms with E-state index in [4.69, 9.17) is 14.2 Å². The average Bonchev–Trinajstić information content (AvgIpc) is 3.13. The molecule has 2 aliphatic carbocycles. The van der Waals surface area contributed by atoms with Crippen molar-refractivity contribution in [3.8, 4) is 11.5 Å². The maximum Gasteiger partial charge on any atom is 0.340 e. The summed E-state index contributed by atoms with van der Waals surface area (Å²) in [7, 11) is 3.89. The molecule has 2 aromatic rings. The molecule has 2 bridgehead atoms. The van der Waals surface area contributed by atoms with E-state index in [1.54, 1.807) is 25.4 Å². The molecule has 0 unspecified atom stereocenters. The van der Waals surface area contributed by atoms with Crippen molar-refractivity contribution in [1.82, 2.24) is 9.88 Å².